The van der Waals surface area contributed by atoms with E-state index in [9.17, 15) is 0 Å². The van der Waals surface area contributed by atoms with Gasteiger partial charge >= 0.3 is 0 Å². The SMILES string of the molecule is Cc1ccc2c(c1)c1cc(C)ccc1n2-c1cccc2c1sc1ccc(-c3cccc4c3oc3ccccc34)cc12. The molecule has 0 N–H and O–H groups in total. The zero-order valence-corrected chi connectivity index (χ0v) is 23.5. The van der Waals surface area contributed by atoms with E-state index in [1.165, 1.54) is 64.4 Å². The van der Waals surface area contributed by atoms with Crippen molar-refractivity contribution >= 4 is 75.3 Å². The number of fused-ring (bicyclic) bond motifs is 9. The highest BCUT2D eigenvalue weighted by atomic mass is 32.1. The van der Waals surface area contributed by atoms with E-state index in [1.807, 2.05) is 23.5 Å². The van der Waals surface area contributed by atoms with Crippen molar-refractivity contribution in [2.24, 2.45) is 0 Å². The first-order valence-electron chi connectivity index (χ1n) is 14.0. The second-order valence-corrected chi connectivity index (χ2v) is 12.2. The molecule has 0 bridgehead atoms. The quantitative estimate of drug-likeness (QED) is 0.212. The van der Waals surface area contributed by atoms with Crippen molar-refractivity contribution in [2.75, 3.05) is 0 Å². The van der Waals surface area contributed by atoms with Crippen LogP contribution in [0.3, 0.4) is 0 Å². The molecule has 0 aliphatic rings. The van der Waals surface area contributed by atoms with Gasteiger partial charge in [-0.05, 0) is 67.9 Å². The van der Waals surface area contributed by atoms with E-state index in [0.29, 0.717) is 0 Å². The minimum atomic E-state index is 0.929. The Bertz CT molecular complexity index is 2450. The van der Waals surface area contributed by atoms with Gasteiger partial charge in [-0.25, -0.2) is 0 Å². The number of thiophene rings is 1. The summed E-state index contributed by atoms with van der Waals surface area (Å²) in [6.07, 6.45) is 0. The van der Waals surface area contributed by atoms with Gasteiger partial charge in [-0.3, -0.25) is 0 Å². The summed E-state index contributed by atoms with van der Waals surface area (Å²) in [4.78, 5) is 0. The summed E-state index contributed by atoms with van der Waals surface area (Å²) in [7, 11) is 0. The Balaban J connectivity index is 1.31. The Kier molecular flexibility index (Phi) is 4.65. The van der Waals surface area contributed by atoms with Crippen LogP contribution in [0.25, 0.3) is 80.7 Å². The lowest BCUT2D eigenvalue weighted by Gasteiger charge is -2.09. The number of aromatic nitrogens is 1. The van der Waals surface area contributed by atoms with Crippen molar-refractivity contribution in [1.82, 2.24) is 4.57 Å². The molecule has 3 heterocycles. The second-order valence-electron chi connectivity index (χ2n) is 11.1. The standard InChI is InChI=1S/C38H25NOS/c1-22-13-16-32-29(19-22)30-20-23(2)14-17-33(30)39(32)34-11-6-10-28-31-21-24(15-18-36(31)41-38(28)34)25-8-5-9-27-26-7-3-4-12-35(26)40-37(25)27/h3-21H,1-2H3. The van der Waals surface area contributed by atoms with Crippen molar-refractivity contribution in [1.29, 1.82) is 0 Å². The van der Waals surface area contributed by atoms with Crippen LogP contribution in [0.15, 0.2) is 120 Å². The molecular weight excluding hydrogens is 518 g/mol. The highest BCUT2D eigenvalue weighted by molar-refractivity contribution is 7.26. The fourth-order valence-corrected chi connectivity index (χ4v) is 7.80. The van der Waals surface area contributed by atoms with Crippen molar-refractivity contribution < 1.29 is 4.42 Å². The van der Waals surface area contributed by atoms with Crippen molar-refractivity contribution in [2.45, 2.75) is 13.8 Å². The van der Waals surface area contributed by atoms with Gasteiger partial charge < -0.3 is 8.98 Å². The van der Waals surface area contributed by atoms with E-state index < -0.39 is 0 Å². The maximum Gasteiger partial charge on any atom is 0.143 e. The highest BCUT2D eigenvalue weighted by Crippen LogP contribution is 2.43. The zero-order valence-electron chi connectivity index (χ0n) is 22.7. The van der Waals surface area contributed by atoms with Gasteiger partial charge in [-0.1, -0.05) is 77.9 Å². The lowest BCUT2D eigenvalue weighted by atomic mass is 10.0. The smallest absolute Gasteiger partial charge is 0.143 e. The molecule has 0 spiro atoms. The van der Waals surface area contributed by atoms with Crippen LogP contribution in [0, 0.1) is 13.8 Å². The van der Waals surface area contributed by atoms with Gasteiger partial charge in [0.25, 0.3) is 0 Å². The maximum atomic E-state index is 6.38. The molecule has 3 aromatic heterocycles. The van der Waals surface area contributed by atoms with E-state index in [0.717, 1.165) is 27.5 Å². The van der Waals surface area contributed by atoms with E-state index in [4.69, 9.17) is 4.42 Å². The Morgan fingerprint density at radius 1 is 0.561 bits per heavy atom. The summed E-state index contributed by atoms with van der Waals surface area (Å²) in [6.45, 7) is 4.35. The van der Waals surface area contributed by atoms with Gasteiger partial charge in [0, 0.05) is 42.6 Å². The molecule has 0 amide bonds. The van der Waals surface area contributed by atoms with Gasteiger partial charge in [-0.15, -0.1) is 11.3 Å². The Morgan fingerprint density at radius 3 is 2.07 bits per heavy atom. The first kappa shape index (κ1) is 22.9. The third-order valence-electron chi connectivity index (χ3n) is 8.51. The van der Waals surface area contributed by atoms with Crippen LogP contribution in [-0.4, -0.2) is 4.57 Å². The molecule has 9 rings (SSSR count). The minimum Gasteiger partial charge on any atom is -0.455 e. The van der Waals surface area contributed by atoms with Crippen LogP contribution < -0.4 is 0 Å². The Hall–Kier alpha value is -4.86. The fraction of sp³-hybridized carbons (Fsp3) is 0.0526. The van der Waals surface area contributed by atoms with Crippen molar-refractivity contribution in [3.63, 3.8) is 0 Å². The molecule has 0 saturated heterocycles. The molecule has 9 aromatic rings. The summed E-state index contributed by atoms with van der Waals surface area (Å²) < 4.78 is 11.4. The summed E-state index contributed by atoms with van der Waals surface area (Å²) in [5.41, 5.74) is 10.5. The molecule has 2 nitrogen and oxygen atoms in total. The Labute approximate surface area is 240 Å². The third kappa shape index (κ3) is 3.24. The van der Waals surface area contributed by atoms with E-state index in [1.54, 1.807) is 0 Å². The van der Waals surface area contributed by atoms with Gasteiger partial charge in [0.05, 0.1) is 21.4 Å². The maximum absolute atomic E-state index is 6.38. The topological polar surface area (TPSA) is 18.1 Å². The number of rotatable bonds is 2. The lowest BCUT2D eigenvalue weighted by molar-refractivity contribution is 0.670. The number of para-hydroxylation sites is 2. The molecule has 6 aromatic carbocycles. The number of aryl methyl sites for hydroxylation is 2. The molecule has 0 atom stereocenters. The van der Waals surface area contributed by atoms with Gasteiger partial charge in [0.15, 0.2) is 0 Å². The minimum absolute atomic E-state index is 0.929. The van der Waals surface area contributed by atoms with Crippen LogP contribution in [0.4, 0.5) is 0 Å². The lowest BCUT2D eigenvalue weighted by Crippen LogP contribution is -1.94. The van der Waals surface area contributed by atoms with Crippen LogP contribution in [0.5, 0.6) is 0 Å². The van der Waals surface area contributed by atoms with E-state index in [2.05, 4.69) is 122 Å². The molecular formula is C38H25NOS. The molecule has 0 aliphatic carbocycles. The molecule has 194 valence electrons. The summed E-state index contributed by atoms with van der Waals surface area (Å²) >= 11 is 1.88. The third-order valence-corrected chi connectivity index (χ3v) is 9.72. The molecule has 41 heavy (non-hydrogen) atoms. The first-order valence-corrected chi connectivity index (χ1v) is 14.8. The Morgan fingerprint density at radius 2 is 1.27 bits per heavy atom. The number of nitrogens with zero attached hydrogens (tertiary/aromatic N) is 1. The summed E-state index contributed by atoms with van der Waals surface area (Å²) in [5, 5.41) is 7.51. The van der Waals surface area contributed by atoms with Crippen molar-refractivity contribution in [3.8, 4) is 16.8 Å². The predicted octanol–water partition coefficient (Wildman–Crippen LogP) is 11.3. The molecule has 0 unspecified atom stereocenters. The molecule has 0 saturated carbocycles. The van der Waals surface area contributed by atoms with Crippen LogP contribution in [0.2, 0.25) is 0 Å². The molecule has 0 fully saturated rings. The normalized spacial score (nSPS) is 12.1. The van der Waals surface area contributed by atoms with E-state index >= 15 is 0 Å². The average molecular weight is 544 g/mol. The monoisotopic (exact) mass is 543 g/mol. The number of hydrogen-bond acceptors (Lipinski definition) is 2. The van der Waals surface area contributed by atoms with Crippen LogP contribution in [0.1, 0.15) is 11.1 Å². The van der Waals surface area contributed by atoms with Gasteiger partial charge in [0.1, 0.15) is 11.2 Å². The fourth-order valence-electron chi connectivity index (χ4n) is 6.61. The number of furan rings is 1. The van der Waals surface area contributed by atoms with Crippen molar-refractivity contribution in [3.05, 3.63) is 126 Å². The molecule has 3 heteroatoms. The van der Waals surface area contributed by atoms with E-state index in [-0.39, 0.29) is 0 Å². The molecule has 0 radical (unpaired) electrons. The van der Waals surface area contributed by atoms with Crippen LogP contribution in [-0.2, 0) is 0 Å². The molecule has 0 aliphatic heterocycles. The van der Waals surface area contributed by atoms with Crippen LogP contribution >= 0.6 is 11.3 Å². The highest BCUT2D eigenvalue weighted by Gasteiger charge is 2.18. The van der Waals surface area contributed by atoms with Gasteiger partial charge in [0.2, 0.25) is 0 Å². The number of benzene rings is 6. The summed E-state index contributed by atoms with van der Waals surface area (Å²) in [5.74, 6) is 0. The second kappa shape index (κ2) is 8.33. The average Bonchev–Trinajstić information content (AvgIpc) is 3.66. The predicted molar refractivity (Wildman–Crippen MR) is 176 cm³/mol. The van der Waals surface area contributed by atoms with Gasteiger partial charge in [-0.2, -0.15) is 0 Å². The number of hydrogen-bond donors (Lipinski definition) is 0. The summed E-state index contributed by atoms with van der Waals surface area (Å²) in [6, 6.07) is 42.0. The largest absolute Gasteiger partial charge is 0.455 e. The zero-order chi connectivity index (χ0) is 27.2. The first-order chi connectivity index (χ1) is 20.1.